The first kappa shape index (κ1) is 20.9. The van der Waals surface area contributed by atoms with Crippen LogP contribution in [0.25, 0.3) is 16.5 Å². The maximum absolute atomic E-state index is 14.0. The second-order valence-electron chi connectivity index (χ2n) is 7.76. The van der Waals surface area contributed by atoms with Crippen LogP contribution in [-0.2, 0) is 9.59 Å². The standard InChI is InChI=1S/C27H17ClFNO3/c28-20-12-10-17(11-13-20)24-23(25(31)19-9-8-16-4-1-2-5-18(16)14-19)26(32)27(33)30(24)22-7-3-6-21(29)15-22/h1-15,24,31H/b25-23-. The van der Waals surface area contributed by atoms with Gasteiger partial charge in [-0.15, -0.1) is 0 Å². The first-order valence-corrected chi connectivity index (χ1v) is 10.6. The van der Waals surface area contributed by atoms with Gasteiger partial charge in [-0.3, -0.25) is 14.5 Å². The van der Waals surface area contributed by atoms with Crippen LogP contribution in [0.15, 0.2) is 96.6 Å². The monoisotopic (exact) mass is 457 g/mol. The SMILES string of the molecule is O=C1C(=O)N(c2cccc(F)c2)C(c2ccc(Cl)cc2)/C1=C(/O)c1ccc2ccccc2c1. The Bertz CT molecular complexity index is 1450. The van der Waals surface area contributed by atoms with Crippen LogP contribution in [0.4, 0.5) is 10.1 Å². The molecule has 1 aliphatic heterocycles. The Balaban J connectivity index is 1.73. The van der Waals surface area contributed by atoms with E-state index in [1.807, 2.05) is 30.3 Å². The normalized spacial score (nSPS) is 17.6. The molecule has 1 aliphatic rings. The van der Waals surface area contributed by atoms with Gasteiger partial charge in [0.15, 0.2) is 0 Å². The van der Waals surface area contributed by atoms with E-state index in [2.05, 4.69) is 0 Å². The van der Waals surface area contributed by atoms with Gasteiger partial charge >= 0.3 is 0 Å². The Kier molecular flexibility index (Phi) is 5.19. The third-order valence-electron chi connectivity index (χ3n) is 5.74. The molecule has 1 amide bonds. The molecule has 33 heavy (non-hydrogen) atoms. The highest BCUT2D eigenvalue weighted by Crippen LogP contribution is 2.42. The summed E-state index contributed by atoms with van der Waals surface area (Å²) >= 11 is 6.04. The fourth-order valence-corrected chi connectivity index (χ4v) is 4.30. The molecule has 1 N–H and O–H groups in total. The number of ketones is 1. The van der Waals surface area contributed by atoms with Crippen molar-refractivity contribution in [2.75, 3.05) is 4.90 Å². The number of nitrogens with zero attached hydrogens (tertiary/aromatic N) is 1. The highest BCUT2D eigenvalue weighted by atomic mass is 35.5. The molecule has 1 fully saturated rings. The lowest BCUT2D eigenvalue weighted by Gasteiger charge is -2.25. The highest BCUT2D eigenvalue weighted by molar-refractivity contribution is 6.51. The minimum Gasteiger partial charge on any atom is -0.507 e. The number of carbonyl (C=O) groups excluding carboxylic acids is 2. The number of anilines is 1. The third kappa shape index (κ3) is 3.66. The Morgan fingerprint density at radius 3 is 2.30 bits per heavy atom. The molecule has 0 aromatic heterocycles. The predicted molar refractivity (Wildman–Crippen MR) is 127 cm³/mol. The first-order chi connectivity index (χ1) is 15.9. The van der Waals surface area contributed by atoms with Crippen LogP contribution in [0.2, 0.25) is 5.02 Å². The molecule has 6 heteroatoms. The molecule has 4 nitrogen and oxygen atoms in total. The quantitative estimate of drug-likeness (QED) is 0.224. The molecule has 162 valence electrons. The van der Waals surface area contributed by atoms with E-state index in [-0.39, 0.29) is 17.0 Å². The lowest BCUT2D eigenvalue weighted by atomic mass is 9.94. The van der Waals surface area contributed by atoms with E-state index in [1.165, 1.54) is 23.1 Å². The zero-order valence-corrected chi connectivity index (χ0v) is 18.0. The van der Waals surface area contributed by atoms with Gasteiger partial charge in [-0.25, -0.2) is 4.39 Å². The van der Waals surface area contributed by atoms with Gasteiger partial charge in [0.25, 0.3) is 11.7 Å². The lowest BCUT2D eigenvalue weighted by Crippen LogP contribution is -2.29. The van der Waals surface area contributed by atoms with E-state index < -0.39 is 23.5 Å². The summed E-state index contributed by atoms with van der Waals surface area (Å²) in [6.07, 6.45) is 0. The number of hydrogen-bond acceptors (Lipinski definition) is 3. The largest absolute Gasteiger partial charge is 0.507 e. The van der Waals surface area contributed by atoms with Crippen LogP contribution >= 0.6 is 11.6 Å². The second-order valence-corrected chi connectivity index (χ2v) is 8.20. The van der Waals surface area contributed by atoms with Crippen molar-refractivity contribution in [1.29, 1.82) is 0 Å². The molecular formula is C27H17ClFNO3. The zero-order chi connectivity index (χ0) is 23.1. The number of fused-ring (bicyclic) bond motifs is 1. The Morgan fingerprint density at radius 1 is 0.848 bits per heavy atom. The number of benzene rings is 4. The number of rotatable bonds is 3. The molecular weight excluding hydrogens is 441 g/mol. The molecule has 1 unspecified atom stereocenters. The van der Waals surface area contributed by atoms with Crippen LogP contribution in [-0.4, -0.2) is 16.8 Å². The number of aliphatic hydroxyl groups excluding tert-OH is 1. The molecule has 0 aliphatic carbocycles. The predicted octanol–water partition coefficient (Wildman–Crippen LogP) is 6.26. The van der Waals surface area contributed by atoms with Gasteiger partial charge in [0.05, 0.1) is 11.6 Å². The zero-order valence-electron chi connectivity index (χ0n) is 17.2. The fourth-order valence-electron chi connectivity index (χ4n) is 4.18. The summed E-state index contributed by atoms with van der Waals surface area (Å²) in [6.45, 7) is 0. The Hall–Kier alpha value is -3.96. The number of hydrogen-bond donors (Lipinski definition) is 1. The van der Waals surface area contributed by atoms with Crippen molar-refractivity contribution in [3.05, 3.63) is 119 Å². The number of carbonyl (C=O) groups is 2. The second kappa shape index (κ2) is 8.19. The molecule has 0 spiro atoms. The van der Waals surface area contributed by atoms with Crippen molar-refractivity contribution in [3.63, 3.8) is 0 Å². The number of aliphatic hydroxyl groups is 1. The van der Waals surface area contributed by atoms with E-state index >= 15 is 0 Å². The van der Waals surface area contributed by atoms with Crippen LogP contribution in [0.5, 0.6) is 0 Å². The van der Waals surface area contributed by atoms with E-state index in [9.17, 15) is 19.1 Å². The minimum absolute atomic E-state index is 0.0677. The smallest absolute Gasteiger partial charge is 0.300 e. The Morgan fingerprint density at radius 2 is 1.58 bits per heavy atom. The summed E-state index contributed by atoms with van der Waals surface area (Å²) in [5, 5.41) is 13.6. The molecule has 0 bridgehead atoms. The highest BCUT2D eigenvalue weighted by Gasteiger charge is 2.47. The van der Waals surface area contributed by atoms with Crippen molar-refractivity contribution in [3.8, 4) is 0 Å². The Labute approximate surface area is 194 Å². The van der Waals surface area contributed by atoms with E-state index in [4.69, 9.17) is 11.6 Å². The van der Waals surface area contributed by atoms with Gasteiger partial charge in [-0.05, 0) is 52.7 Å². The summed E-state index contributed by atoms with van der Waals surface area (Å²) in [5.74, 6) is -2.52. The van der Waals surface area contributed by atoms with E-state index in [1.54, 1.807) is 42.5 Å². The first-order valence-electron chi connectivity index (χ1n) is 10.3. The van der Waals surface area contributed by atoms with Crippen molar-refractivity contribution >= 4 is 45.5 Å². The average Bonchev–Trinajstić information content (AvgIpc) is 3.09. The van der Waals surface area contributed by atoms with E-state index in [0.717, 1.165) is 10.8 Å². The number of halogens is 2. The maximum atomic E-state index is 14.0. The molecule has 4 aromatic carbocycles. The molecule has 1 heterocycles. The summed E-state index contributed by atoms with van der Waals surface area (Å²) in [7, 11) is 0. The van der Waals surface area contributed by atoms with Crippen molar-refractivity contribution in [2.24, 2.45) is 0 Å². The van der Waals surface area contributed by atoms with Gasteiger partial charge in [-0.2, -0.15) is 0 Å². The third-order valence-corrected chi connectivity index (χ3v) is 5.99. The van der Waals surface area contributed by atoms with Crippen LogP contribution in [0, 0.1) is 5.82 Å². The number of amides is 1. The lowest BCUT2D eigenvalue weighted by molar-refractivity contribution is -0.132. The fraction of sp³-hybridized carbons (Fsp3) is 0.0370. The van der Waals surface area contributed by atoms with Crippen LogP contribution in [0.1, 0.15) is 17.2 Å². The molecule has 1 atom stereocenters. The summed E-state index contributed by atoms with van der Waals surface area (Å²) in [5.41, 5.74) is 1.12. The summed E-state index contributed by atoms with van der Waals surface area (Å²) in [6, 6.07) is 24.1. The van der Waals surface area contributed by atoms with Gasteiger partial charge in [0.1, 0.15) is 11.6 Å². The van der Waals surface area contributed by atoms with Crippen molar-refractivity contribution in [1.82, 2.24) is 0 Å². The minimum atomic E-state index is -0.949. The molecule has 0 radical (unpaired) electrons. The van der Waals surface area contributed by atoms with Crippen LogP contribution in [0.3, 0.4) is 0 Å². The number of Topliss-reactive ketones (excluding diaryl/α,β-unsaturated/α-hetero) is 1. The summed E-state index contributed by atoms with van der Waals surface area (Å²) in [4.78, 5) is 27.5. The average molecular weight is 458 g/mol. The van der Waals surface area contributed by atoms with Gasteiger partial charge < -0.3 is 5.11 Å². The van der Waals surface area contributed by atoms with E-state index in [0.29, 0.717) is 16.1 Å². The van der Waals surface area contributed by atoms with Gasteiger partial charge in [0.2, 0.25) is 0 Å². The maximum Gasteiger partial charge on any atom is 0.300 e. The van der Waals surface area contributed by atoms with Crippen molar-refractivity contribution < 1.29 is 19.1 Å². The van der Waals surface area contributed by atoms with Crippen LogP contribution < -0.4 is 4.90 Å². The summed E-state index contributed by atoms with van der Waals surface area (Å²) < 4.78 is 14.0. The molecule has 1 saturated heterocycles. The molecule has 0 saturated carbocycles. The van der Waals surface area contributed by atoms with Gasteiger partial charge in [-0.1, -0.05) is 66.2 Å². The van der Waals surface area contributed by atoms with Gasteiger partial charge in [0, 0.05) is 16.3 Å². The molecule has 4 aromatic rings. The van der Waals surface area contributed by atoms with Crippen molar-refractivity contribution in [2.45, 2.75) is 6.04 Å². The topological polar surface area (TPSA) is 57.6 Å². The molecule has 5 rings (SSSR count).